The number of hydrogen-bond donors (Lipinski definition) is 1. The zero-order chi connectivity index (χ0) is 8.27. The van der Waals surface area contributed by atoms with Crippen LogP contribution in [0.4, 0.5) is 5.95 Å². The molecule has 1 rings (SSSR count). The second-order valence-corrected chi connectivity index (χ2v) is 1.84. The van der Waals surface area contributed by atoms with Gasteiger partial charge in [0, 0.05) is 32.7 Å². The average Bonchev–Trinajstić information content (AvgIpc) is 2.37. The van der Waals surface area contributed by atoms with Gasteiger partial charge in [-0.15, -0.1) is 0 Å². The average molecular weight is 238 g/mol. The molecule has 7 heteroatoms. The maximum absolute atomic E-state index is 10.7. The van der Waals surface area contributed by atoms with Crippen molar-refractivity contribution in [1.82, 2.24) is 14.6 Å². The third-order valence-corrected chi connectivity index (χ3v) is 1.10. The van der Waals surface area contributed by atoms with Gasteiger partial charge in [-0.25, -0.2) is 0 Å². The monoisotopic (exact) mass is 238 g/mol. The second kappa shape index (κ2) is 5.32. The molecule has 1 amide bonds. The third kappa shape index (κ3) is 2.95. The van der Waals surface area contributed by atoms with Crippen molar-refractivity contribution in [1.29, 1.82) is 0 Å². The molecule has 59 valence electrons. The summed E-state index contributed by atoms with van der Waals surface area (Å²) in [6.07, 6.45) is 2.15. The van der Waals surface area contributed by atoms with E-state index in [1.165, 1.54) is 11.9 Å². The Labute approximate surface area is 95.8 Å². The van der Waals surface area contributed by atoms with E-state index in [0.717, 1.165) is 0 Å². The van der Waals surface area contributed by atoms with Crippen LogP contribution in [0.2, 0.25) is 0 Å². The van der Waals surface area contributed by atoms with Crippen molar-refractivity contribution in [3.63, 3.8) is 0 Å². The Morgan fingerprint density at radius 3 is 2.92 bits per heavy atom. The summed E-state index contributed by atoms with van der Waals surface area (Å²) in [7, 11) is 3.02. The number of nitrogens with one attached hydrogen (secondary N) is 1. The number of amides is 1. The van der Waals surface area contributed by atoms with E-state index in [-0.39, 0.29) is 32.7 Å². The van der Waals surface area contributed by atoms with Gasteiger partial charge >= 0.3 is 63.4 Å². The number of hydrogen-bond acceptors (Lipinski definition) is 3. The maximum atomic E-state index is 10.7. The molecule has 0 spiro atoms. The van der Waals surface area contributed by atoms with E-state index in [1.807, 2.05) is 0 Å². The summed E-state index contributed by atoms with van der Waals surface area (Å²) in [5, 5.41) is 6.16. The first-order valence-electron chi connectivity index (χ1n) is 2.92. The van der Waals surface area contributed by atoms with E-state index in [1.54, 1.807) is 7.05 Å². The van der Waals surface area contributed by atoms with Crippen molar-refractivity contribution in [3.05, 3.63) is 12.7 Å². The molecule has 1 heterocycles. The minimum Gasteiger partial charge on any atom is 0 e. The first kappa shape index (κ1) is 11.6. The first-order valence-corrected chi connectivity index (χ1v) is 2.92. The van der Waals surface area contributed by atoms with Crippen LogP contribution in [0, 0.1) is 6.08 Å². The summed E-state index contributed by atoms with van der Waals surface area (Å²) >= 11 is 0. The number of carbonyl (C=O) groups is 1. The Balaban J connectivity index is 0.00000121. The molecule has 1 radical (unpaired) electrons. The zero-order valence-corrected chi connectivity index (χ0v) is 9.45. The minimum absolute atomic E-state index is 0. The largest absolute Gasteiger partial charge is 0 e. The molecule has 0 aromatic carbocycles. The number of nitrogens with zero attached hydrogens (tertiary/aromatic N) is 3. The molecule has 0 saturated heterocycles. The molecule has 0 unspecified atom stereocenters. The molecule has 0 bridgehead atoms. The second-order valence-electron chi connectivity index (χ2n) is 1.84. The fourth-order valence-electron chi connectivity index (χ4n) is 0.555. The van der Waals surface area contributed by atoms with E-state index >= 15 is 0 Å². The predicted molar refractivity (Wildman–Crippen MR) is 39.8 cm³/mol. The van der Waals surface area contributed by atoms with Crippen molar-refractivity contribution in [2.75, 3.05) is 5.32 Å². The molecular formula is C5H6BN4OY-. The first-order chi connectivity index (χ1) is 5.24. The molecule has 0 aliphatic rings. The van der Waals surface area contributed by atoms with Crippen LogP contribution in [0.5, 0.6) is 0 Å². The number of carbonyl (C=O) groups excluding carboxylic acids is 1. The standard InChI is InChI=1S/C5H6BN4O.Y/c1-3-4(11)7-5-8-6-9-10(5)2;/h1H2,2H3,(H,7,8,11);/q-1;. The molecule has 0 aliphatic carbocycles. The summed E-state index contributed by atoms with van der Waals surface area (Å²) in [4.78, 5) is 14.4. The fourth-order valence-corrected chi connectivity index (χ4v) is 0.555. The normalized spacial score (nSPS) is 8.08. The van der Waals surface area contributed by atoms with Crippen molar-refractivity contribution >= 4 is 19.1 Å². The van der Waals surface area contributed by atoms with Gasteiger partial charge in [0.25, 0.3) is 0 Å². The van der Waals surface area contributed by atoms with Crippen molar-refractivity contribution in [2.45, 2.75) is 0 Å². The quantitative estimate of drug-likeness (QED) is 0.535. The van der Waals surface area contributed by atoms with E-state index < -0.39 is 5.91 Å². The summed E-state index contributed by atoms with van der Waals surface area (Å²) in [6.45, 7) is 3.18. The Morgan fingerprint density at radius 1 is 1.83 bits per heavy atom. The molecule has 0 fully saturated rings. The molecular weight excluding hydrogens is 232 g/mol. The Bertz CT molecular complexity index is 287. The van der Waals surface area contributed by atoms with Crippen LogP contribution in [-0.2, 0) is 44.6 Å². The van der Waals surface area contributed by atoms with Gasteiger partial charge in [0.15, 0.2) is 0 Å². The van der Waals surface area contributed by atoms with Crippen LogP contribution < -0.4 is 5.32 Å². The zero-order valence-electron chi connectivity index (χ0n) is 6.61. The smallest absolute Gasteiger partial charge is 0 e. The van der Waals surface area contributed by atoms with E-state index in [9.17, 15) is 4.79 Å². The molecule has 1 N–H and O–H groups in total. The molecule has 0 saturated carbocycles. The van der Waals surface area contributed by atoms with Crippen LogP contribution >= 0.6 is 0 Å². The van der Waals surface area contributed by atoms with Crippen molar-refractivity contribution < 1.29 is 37.5 Å². The summed E-state index contributed by atoms with van der Waals surface area (Å²) in [5.41, 5.74) is 0. The molecule has 1 aromatic heterocycles. The minimum atomic E-state index is -0.416. The van der Waals surface area contributed by atoms with E-state index in [0.29, 0.717) is 5.95 Å². The van der Waals surface area contributed by atoms with Crippen molar-refractivity contribution in [3.8, 4) is 0 Å². The van der Waals surface area contributed by atoms with Gasteiger partial charge < -0.3 is 0 Å². The van der Waals surface area contributed by atoms with Gasteiger partial charge in [-0.2, -0.15) is 0 Å². The summed E-state index contributed by atoms with van der Waals surface area (Å²) < 4.78 is 1.44. The van der Waals surface area contributed by atoms with Gasteiger partial charge in [0.1, 0.15) is 0 Å². The van der Waals surface area contributed by atoms with Crippen LogP contribution in [0.1, 0.15) is 0 Å². The third-order valence-electron chi connectivity index (χ3n) is 1.10. The molecule has 5 nitrogen and oxygen atoms in total. The van der Waals surface area contributed by atoms with Gasteiger partial charge in [-0.1, -0.05) is 0 Å². The van der Waals surface area contributed by atoms with Crippen molar-refractivity contribution in [2.24, 2.45) is 7.05 Å². The number of aryl methyl sites for hydroxylation is 1. The topological polar surface area (TPSA) is 59.8 Å². The van der Waals surface area contributed by atoms with E-state index in [2.05, 4.69) is 27.9 Å². The van der Waals surface area contributed by atoms with E-state index in [4.69, 9.17) is 0 Å². The van der Waals surface area contributed by atoms with Gasteiger partial charge in [0.05, 0.1) is 0 Å². The van der Waals surface area contributed by atoms with Crippen LogP contribution in [0.3, 0.4) is 0 Å². The van der Waals surface area contributed by atoms with Crippen LogP contribution in [0.15, 0.2) is 6.58 Å². The van der Waals surface area contributed by atoms with Crippen LogP contribution in [-0.4, -0.2) is 27.7 Å². The van der Waals surface area contributed by atoms with Gasteiger partial charge in [-0.3, -0.25) is 0 Å². The Kier molecular flexibility index (Phi) is 5.17. The van der Waals surface area contributed by atoms with Gasteiger partial charge in [0.2, 0.25) is 0 Å². The molecule has 0 atom stereocenters. The van der Waals surface area contributed by atoms with Crippen LogP contribution in [0.25, 0.3) is 0 Å². The van der Waals surface area contributed by atoms with Gasteiger partial charge in [-0.05, 0) is 0 Å². The summed E-state index contributed by atoms with van der Waals surface area (Å²) in [6, 6.07) is 0. The molecule has 12 heavy (non-hydrogen) atoms. The number of aromatic nitrogens is 3. The SMILES string of the molecule is C=[C-]C(=O)Nc1nbnn1C.[Y]. The Hall–Kier alpha value is -0.351. The fraction of sp³-hybridized carbons (Fsp3) is 0.200. The summed E-state index contributed by atoms with van der Waals surface area (Å²) in [5.74, 6) is -0.0350. The number of anilines is 1. The Morgan fingerprint density at radius 2 is 2.50 bits per heavy atom. The molecule has 1 aromatic rings. The predicted octanol–water partition coefficient (Wildman–Crippen LogP) is -0.922. The maximum Gasteiger partial charge on any atom is 0 e. The molecule has 0 aliphatic heterocycles. The number of rotatable bonds is 2.